The fraction of sp³-hybridized carbons (Fsp3) is 1.00. The van der Waals surface area contributed by atoms with Crippen LogP contribution in [0.15, 0.2) is 0 Å². The van der Waals surface area contributed by atoms with Gasteiger partial charge in [0.2, 0.25) is 0 Å². The van der Waals surface area contributed by atoms with Crippen LogP contribution >= 0.6 is 0 Å². The minimum absolute atomic E-state index is 0. The number of hydrogen-bond acceptors (Lipinski definition) is 0. The van der Waals surface area contributed by atoms with Gasteiger partial charge in [-0.05, 0) is 0 Å². The molecule has 7 heavy (non-hydrogen) atoms. The normalized spacial score (nSPS) is 21.9. The summed E-state index contributed by atoms with van der Waals surface area (Å²) in [4.78, 5) is 0. The molecule has 0 heterocycles. The van der Waals surface area contributed by atoms with Gasteiger partial charge in [0.05, 0.1) is 0 Å². The van der Waals surface area contributed by atoms with Gasteiger partial charge >= 0.3 is 18.9 Å². The molecule has 0 unspecified atom stereocenters. The van der Waals surface area contributed by atoms with Gasteiger partial charge in [-0.1, -0.05) is 25.7 Å². The van der Waals surface area contributed by atoms with Crippen LogP contribution in [-0.4, -0.2) is 6.04 Å². The summed E-state index contributed by atoms with van der Waals surface area (Å²) >= 11 is 0. The van der Waals surface area contributed by atoms with E-state index in [0.717, 1.165) is 12.8 Å². The van der Waals surface area contributed by atoms with Gasteiger partial charge in [-0.3, -0.25) is 0 Å². The Bertz CT molecular complexity index is 41.3. The van der Waals surface area contributed by atoms with E-state index >= 15 is 0 Å². The Labute approximate surface area is 56.8 Å². The van der Waals surface area contributed by atoms with Crippen LogP contribution in [0.1, 0.15) is 25.7 Å². The summed E-state index contributed by atoms with van der Waals surface area (Å²) < 4.78 is 0. The average molecular weight is 91.1 g/mol. The van der Waals surface area contributed by atoms with Crippen LogP contribution in [0.3, 0.4) is 0 Å². The van der Waals surface area contributed by atoms with Crippen molar-refractivity contribution in [1.82, 2.24) is 0 Å². The molecule has 1 aliphatic carbocycles. The van der Waals surface area contributed by atoms with Crippen LogP contribution in [0, 0.1) is 0 Å². The largest absolute Gasteiger partial charge is 1.00 e. The van der Waals surface area contributed by atoms with Crippen molar-refractivity contribution in [2.24, 2.45) is 0 Å². The zero-order valence-corrected chi connectivity index (χ0v) is 4.91. The summed E-state index contributed by atoms with van der Waals surface area (Å²) in [7, 11) is 0. The van der Waals surface area contributed by atoms with Gasteiger partial charge in [-0.15, -0.1) is 6.04 Å². The van der Waals surface area contributed by atoms with Crippen LogP contribution in [-0.2, 0) is 0 Å². The Hall–Kier alpha value is 0.557. The maximum absolute atomic E-state index is 7.13. The minimum Gasteiger partial charge on any atom is -0.675 e. The number of rotatable bonds is 0. The molecule has 0 aliphatic heterocycles. The third-order valence-corrected chi connectivity index (χ3v) is 1.36. The van der Waals surface area contributed by atoms with Crippen LogP contribution in [0.2, 0.25) is 0 Å². The van der Waals surface area contributed by atoms with Gasteiger partial charge in [0.15, 0.2) is 0 Å². The zero-order valence-electron chi connectivity index (χ0n) is 4.91. The molecule has 1 N–H and O–H groups in total. The first-order valence-corrected chi connectivity index (χ1v) is 2.61. The quantitative estimate of drug-likeness (QED) is 0.341. The molecule has 1 nitrogen and oxygen atoms in total. The van der Waals surface area contributed by atoms with E-state index in [1.54, 1.807) is 0 Å². The fourth-order valence-electron chi connectivity index (χ4n) is 0.926. The molecule has 0 radical (unpaired) electrons. The maximum atomic E-state index is 7.13. The van der Waals surface area contributed by atoms with E-state index in [4.69, 9.17) is 5.73 Å². The monoisotopic (exact) mass is 91.1 g/mol. The molecule has 1 fully saturated rings. The zero-order chi connectivity index (χ0) is 4.41. The van der Waals surface area contributed by atoms with Crippen molar-refractivity contribution in [3.63, 3.8) is 0 Å². The molecule has 0 saturated heterocycles. The standard InChI is InChI=1S/C5H10N.Li/c6-5-3-1-2-4-5;/h5-6H,1-4H2;/q-1;+1. The molecule has 1 saturated carbocycles. The molecule has 0 aromatic rings. The molecule has 36 valence electrons. The second-order valence-corrected chi connectivity index (χ2v) is 1.98. The van der Waals surface area contributed by atoms with E-state index in [-0.39, 0.29) is 18.9 Å². The summed E-state index contributed by atoms with van der Waals surface area (Å²) in [5, 5.41) is 0. The first kappa shape index (κ1) is 7.56. The van der Waals surface area contributed by atoms with Crippen molar-refractivity contribution >= 4 is 0 Å². The summed E-state index contributed by atoms with van der Waals surface area (Å²) in [6.07, 6.45) is 4.91. The second kappa shape index (κ2) is 3.55. The van der Waals surface area contributed by atoms with Crippen molar-refractivity contribution in [1.29, 1.82) is 0 Å². The van der Waals surface area contributed by atoms with Crippen LogP contribution < -0.4 is 18.9 Å². The Morgan fingerprint density at radius 1 is 1.14 bits per heavy atom. The van der Waals surface area contributed by atoms with E-state index in [9.17, 15) is 0 Å². The summed E-state index contributed by atoms with van der Waals surface area (Å²) in [5.74, 6) is 0. The van der Waals surface area contributed by atoms with E-state index < -0.39 is 0 Å². The third kappa shape index (κ3) is 2.38. The van der Waals surface area contributed by atoms with E-state index in [1.807, 2.05) is 0 Å². The number of hydrogen-bond donors (Lipinski definition) is 0. The minimum atomic E-state index is 0. The second-order valence-electron chi connectivity index (χ2n) is 1.98. The molecule has 0 aromatic heterocycles. The molecule has 0 atom stereocenters. The molecule has 0 bridgehead atoms. The Morgan fingerprint density at radius 3 is 1.71 bits per heavy atom. The van der Waals surface area contributed by atoms with E-state index in [2.05, 4.69) is 0 Å². The van der Waals surface area contributed by atoms with Gasteiger partial charge in [-0.2, -0.15) is 0 Å². The predicted molar refractivity (Wildman–Crippen MR) is 26.6 cm³/mol. The van der Waals surface area contributed by atoms with Crippen LogP contribution in [0.5, 0.6) is 0 Å². The van der Waals surface area contributed by atoms with Gasteiger partial charge in [0, 0.05) is 0 Å². The fourth-order valence-corrected chi connectivity index (χ4v) is 0.926. The molecule has 0 spiro atoms. The third-order valence-electron chi connectivity index (χ3n) is 1.36. The first-order chi connectivity index (χ1) is 2.89. The summed E-state index contributed by atoms with van der Waals surface area (Å²) in [6.45, 7) is 0. The summed E-state index contributed by atoms with van der Waals surface area (Å²) in [6, 6.07) is 0.296. The average Bonchev–Trinajstić information content (AvgIpc) is 1.86. The molecular formula is C5H10LiN. The van der Waals surface area contributed by atoms with Crippen molar-refractivity contribution in [3.05, 3.63) is 5.73 Å². The molecule has 0 amide bonds. The first-order valence-electron chi connectivity index (χ1n) is 2.61. The molecule has 2 heteroatoms. The topological polar surface area (TPSA) is 23.8 Å². The van der Waals surface area contributed by atoms with Crippen molar-refractivity contribution in [3.8, 4) is 0 Å². The number of nitrogens with one attached hydrogen (secondary N) is 1. The van der Waals surface area contributed by atoms with E-state index in [1.165, 1.54) is 12.8 Å². The Balaban J connectivity index is 0.000000360. The Kier molecular flexibility index (Phi) is 3.83. The van der Waals surface area contributed by atoms with E-state index in [0.29, 0.717) is 6.04 Å². The van der Waals surface area contributed by atoms with Crippen molar-refractivity contribution < 1.29 is 18.9 Å². The molecule has 0 aromatic carbocycles. The van der Waals surface area contributed by atoms with Gasteiger partial charge in [-0.25, -0.2) is 0 Å². The van der Waals surface area contributed by atoms with Gasteiger partial charge in [0.25, 0.3) is 0 Å². The smallest absolute Gasteiger partial charge is 0.675 e. The van der Waals surface area contributed by atoms with Crippen molar-refractivity contribution in [2.75, 3.05) is 0 Å². The van der Waals surface area contributed by atoms with Gasteiger partial charge < -0.3 is 5.73 Å². The van der Waals surface area contributed by atoms with Crippen LogP contribution in [0.25, 0.3) is 5.73 Å². The van der Waals surface area contributed by atoms with Crippen LogP contribution in [0.4, 0.5) is 0 Å². The summed E-state index contributed by atoms with van der Waals surface area (Å²) in [5.41, 5.74) is 7.13. The molecule has 1 aliphatic rings. The maximum Gasteiger partial charge on any atom is 1.00 e. The Morgan fingerprint density at radius 2 is 1.57 bits per heavy atom. The van der Waals surface area contributed by atoms with Gasteiger partial charge in [0.1, 0.15) is 0 Å². The predicted octanol–water partition coefficient (Wildman–Crippen LogP) is -1.01. The molecular weight excluding hydrogens is 81.0 g/mol. The SMILES string of the molecule is [Li+].[NH-]C1CCCC1. The van der Waals surface area contributed by atoms with Crippen molar-refractivity contribution in [2.45, 2.75) is 31.7 Å². The molecule has 1 rings (SSSR count).